The van der Waals surface area contributed by atoms with Gasteiger partial charge in [0.1, 0.15) is 29.6 Å². The van der Waals surface area contributed by atoms with Crippen molar-refractivity contribution in [3.8, 4) is 28.3 Å². The van der Waals surface area contributed by atoms with Crippen molar-refractivity contribution in [1.82, 2.24) is 9.97 Å². The number of sulfone groups is 1. The average Bonchev–Trinajstić information content (AvgIpc) is 3.56. The van der Waals surface area contributed by atoms with E-state index in [4.69, 9.17) is 14.2 Å². The Bertz CT molecular complexity index is 1590. The van der Waals surface area contributed by atoms with Crippen LogP contribution in [0.5, 0.6) is 6.01 Å². The smallest absolute Gasteiger partial charge is 0.295 e. The van der Waals surface area contributed by atoms with Gasteiger partial charge in [-0.15, -0.1) is 0 Å². The first-order valence-corrected chi connectivity index (χ1v) is 13.4. The first-order valence-electron chi connectivity index (χ1n) is 11.6. The summed E-state index contributed by atoms with van der Waals surface area (Å²) in [5, 5.41) is 9.88. The van der Waals surface area contributed by atoms with Gasteiger partial charge in [-0.1, -0.05) is 36.4 Å². The van der Waals surface area contributed by atoms with E-state index in [0.29, 0.717) is 5.56 Å². The maximum absolute atomic E-state index is 15.5. The molecule has 6 rings (SSSR count). The van der Waals surface area contributed by atoms with Gasteiger partial charge in [0.05, 0.1) is 29.2 Å². The highest BCUT2D eigenvalue weighted by Crippen LogP contribution is 2.35. The number of aliphatic hydroxyl groups excluding tert-OH is 1. The number of aromatic nitrogens is 2. The molecule has 2 fully saturated rings. The van der Waals surface area contributed by atoms with Gasteiger partial charge in [-0.05, 0) is 28.8 Å². The fourth-order valence-electron chi connectivity index (χ4n) is 4.79. The van der Waals surface area contributed by atoms with Crippen molar-refractivity contribution in [1.29, 1.82) is 0 Å². The van der Waals surface area contributed by atoms with Crippen LogP contribution in [0.15, 0.2) is 59.5 Å². The third-order valence-corrected chi connectivity index (χ3v) is 7.81. The number of imidazole rings is 1. The van der Waals surface area contributed by atoms with E-state index in [1.165, 1.54) is 12.1 Å². The number of halogens is 2. The molecule has 1 aromatic heterocycles. The molecule has 11 heteroatoms. The Hall–Kier alpha value is -3.38. The predicted molar refractivity (Wildman–Crippen MR) is 130 cm³/mol. The second-order valence-electron chi connectivity index (χ2n) is 9.18. The Labute approximate surface area is 210 Å². The number of rotatable bonds is 5. The third-order valence-electron chi connectivity index (χ3n) is 6.68. The molecular weight excluding hydrogens is 506 g/mol. The van der Waals surface area contributed by atoms with Crippen LogP contribution in [0.2, 0.25) is 0 Å². The largest absolute Gasteiger partial charge is 0.456 e. The molecule has 0 bridgehead atoms. The average molecular weight is 529 g/mol. The lowest BCUT2D eigenvalue weighted by atomic mass is 9.99. The normalized spacial score (nSPS) is 23.5. The fourth-order valence-corrected chi connectivity index (χ4v) is 5.42. The zero-order valence-electron chi connectivity index (χ0n) is 19.5. The number of benzene rings is 3. The van der Waals surface area contributed by atoms with E-state index < -0.39 is 45.9 Å². The maximum Gasteiger partial charge on any atom is 0.295 e. The number of fused-ring (bicyclic) bond motifs is 2. The van der Waals surface area contributed by atoms with Crippen LogP contribution >= 0.6 is 0 Å². The molecule has 0 spiro atoms. The zero-order chi connectivity index (χ0) is 25.9. The molecule has 3 heterocycles. The van der Waals surface area contributed by atoms with Gasteiger partial charge in [0, 0.05) is 12.3 Å². The minimum absolute atomic E-state index is 0.00224. The zero-order valence-corrected chi connectivity index (χ0v) is 20.3. The molecule has 2 saturated heterocycles. The monoisotopic (exact) mass is 528 g/mol. The van der Waals surface area contributed by atoms with Crippen LogP contribution in [0.25, 0.3) is 33.3 Å². The van der Waals surface area contributed by atoms with Gasteiger partial charge >= 0.3 is 0 Å². The van der Waals surface area contributed by atoms with Crippen LogP contribution in [-0.4, -0.2) is 67.4 Å². The Morgan fingerprint density at radius 3 is 2.27 bits per heavy atom. The van der Waals surface area contributed by atoms with E-state index in [9.17, 15) is 13.5 Å². The Morgan fingerprint density at radius 1 is 0.973 bits per heavy atom. The molecule has 2 N–H and O–H groups in total. The number of hydrogen-bond donors (Lipinski definition) is 2. The molecule has 0 aliphatic carbocycles. The van der Waals surface area contributed by atoms with Crippen LogP contribution in [0.3, 0.4) is 0 Å². The van der Waals surface area contributed by atoms with Crippen molar-refractivity contribution >= 4 is 20.9 Å². The van der Waals surface area contributed by atoms with Crippen molar-refractivity contribution in [2.24, 2.45) is 0 Å². The molecule has 4 aromatic rings. The SMILES string of the molecule is CS(=O)(=O)c1ccc(-c2ccc(-c3c(F)cc4[nH]c(O[C@H]5CO[C@@H]6[C@H]5OC[C@H]6O)nc4c3F)cc2)cc1. The van der Waals surface area contributed by atoms with Crippen LogP contribution in [0, 0.1) is 11.6 Å². The topological polar surface area (TPSA) is 111 Å². The summed E-state index contributed by atoms with van der Waals surface area (Å²) in [6.07, 6.45) is -1.10. The summed E-state index contributed by atoms with van der Waals surface area (Å²) in [6, 6.07) is 14.2. The van der Waals surface area contributed by atoms with Crippen LogP contribution in [0.4, 0.5) is 8.78 Å². The number of nitrogens with one attached hydrogen (secondary N) is 1. The summed E-state index contributed by atoms with van der Waals surface area (Å²) < 4.78 is 70.7. The highest BCUT2D eigenvalue weighted by atomic mass is 32.2. The van der Waals surface area contributed by atoms with E-state index in [-0.39, 0.29) is 40.7 Å². The summed E-state index contributed by atoms with van der Waals surface area (Å²) in [5.41, 5.74) is 1.68. The van der Waals surface area contributed by atoms with Crippen molar-refractivity contribution < 1.29 is 36.5 Å². The molecule has 37 heavy (non-hydrogen) atoms. The van der Waals surface area contributed by atoms with Gasteiger partial charge in [0.25, 0.3) is 6.01 Å². The second-order valence-corrected chi connectivity index (χ2v) is 11.2. The van der Waals surface area contributed by atoms with E-state index in [2.05, 4.69) is 9.97 Å². The van der Waals surface area contributed by atoms with E-state index >= 15 is 8.78 Å². The lowest BCUT2D eigenvalue weighted by Crippen LogP contribution is -2.34. The summed E-state index contributed by atoms with van der Waals surface area (Å²) in [5.74, 6) is -1.60. The Morgan fingerprint density at radius 2 is 1.59 bits per heavy atom. The van der Waals surface area contributed by atoms with Crippen LogP contribution in [0.1, 0.15) is 0 Å². The maximum atomic E-state index is 15.5. The van der Waals surface area contributed by atoms with Gasteiger partial charge in [-0.3, -0.25) is 0 Å². The Kier molecular flexibility index (Phi) is 5.75. The van der Waals surface area contributed by atoms with E-state index in [0.717, 1.165) is 23.4 Å². The van der Waals surface area contributed by atoms with Crippen LogP contribution in [-0.2, 0) is 19.3 Å². The highest BCUT2D eigenvalue weighted by molar-refractivity contribution is 7.90. The van der Waals surface area contributed by atoms with Gasteiger partial charge in [0.15, 0.2) is 21.8 Å². The summed E-state index contributed by atoms with van der Waals surface area (Å²) in [7, 11) is -3.31. The number of aliphatic hydroxyl groups is 1. The molecule has 0 amide bonds. The van der Waals surface area contributed by atoms with Crippen molar-refractivity contribution in [3.05, 3.63) is 66.2 Å². The Balaban J connectivity index is 1.27. The lowest BCUT2D eigenvalue weighted by molar-refractivity contribution is 0.00706. The minimum Gasteiger partial charge on any atom is -0.456 e. The molecule has 3 aromatic carbocycles. The van der Waals surface area contributed by atoms with E-state index in [1.54, 1.807) is 36.4 Å². The van der Waals surface area contributed by atoms with Gasteiger partial charge in [0.2, 0.25) is 0 Å². The fraction of sp³-hybridized carbons (Fsp3) is 0.269. The molecular formula is C26H22F2N2O6S. The highest BCUT2D eigenvalue weighted by Gasteiger charge is 2.48. The first-order chi connectivity index (χ1) is 17.7. The predicted octanol–water partition coefficient (Wildman–Crippen LogP) is 3.48. The first kappa shape index (κ1) is 24.0. The van der Waals surface area contributed by atoms with Crippen molar-refractivity contribution in [2.75, 3.05) is 19.5 Å². The number of nitrogens with zero attached hydrogens (tertiary/aromatic N) is 1. The minimum atomic E-state index is -3.31. The molecule has 192 valence electrons. The summed E-state index contributed by atoms with van der Waals surface area (Å²) in [4.78, 5) is 7.19. The summed E-state index contributed by atoms with van der Waals surface area (Å²) >= 11 is 0. The van der Waals surface area contributed by atoms with E-state index in [1.807, 2.05) is 0 Å². The second kappa shape index (κ2) is 8.88. The molecule has 0 saturated carbocycles. The molecule has 4 atom stereocenters. The summed E-state index contributed by atoms with van der Waals surface area (Å²) in [6.45, 7) is 0.318. The third kappa shape index (κ3) is 4.27. The van der Waals surface area contributed by atoms with Gasteiger partial charge < -0.3 is 24.3 Å². The standard InChI is InChI=1S/C26H22F2N2O6S/c1-37(32,33)16-8-6-14(7-9-16)13-2-4-15(5-3-13)21-17(27)10-18-23(22(21)28)30-26(29-18)36-20-12-35-24-19(31)11-34-25(20)24/h2-10,19-20,24-25,31H,11-12H2,1H3,(H,29,30)/t19-,20+,24+,25+/m1/s1. The molecule has 0 radical (unpaired) electrons. The van der Waals surface area contributed by atoms with Crippen molar-refractivity contribution in [3.63, 3.8) is 0 Å². The molecule has 2 aliphatic heterocycles. The molecule has 2 aliphatic rings. The number of hydrogen-bond acceptors (Lipinski definition) is 7. The van der Waals surface area contributed by atoms with Crippen molar-refractivity contribution in [2.45, 2.75) is 29.3 Å². The van der Waals surface area contributed by atoms with Gasteiger partial charge in [-0.2, -0.15) is 4.98 Å². The lowest BCUT2D eigenvalue weighted by Gasteiger charge is -2.15. The van der Waals surface area contributed by atoms with Gasteiger partial charge in [-0.25, -0.2) is 17.2 Å². The number of aromatic amines is 1. The number of ether oxygens (including phenoxy) is 3. The molecule has 8 nitrogen and oxygen atoms in total. The van der Waals surface area contributed by atoms with Crippen LogP contribution < -0.4 is 4.74 Å². The molecule has 0 unspecified atom stereocenters. The quantitative estimate of drug-likeness (QED) is 0.408. The number of H-pyrrole nitrogens is 1.